The molecule has 4 heteroatoms. The molecule has 0 aromatic heterocycles. The van der Waals surface area contributed by atoms with Gasteiger partial charge in [-0.15, -0.1) is 0 Å². The zero-order valence-electron chi connectivity index (χ0n) is 15.4. The van der Waals surface area contributed by atoms with Gasteiger partial charge in [0.15, 0.2) is 0 Å². The highest BCUT2D eigenvalue weighted by atomic mass is 16.5. The Hall–Kier alpha value is -0.870. The van der Waals surface area contributed by atoms with Gasteiger partial charge in [0, 0.05) is 0 Å². The summed E-state index contributed by atoms with van der Waals surface area (Å²) >= 11 is 0. The summed E-state index contributed by atoms with van der Waals surface area (Å²) in [4.78, 5) is 11.1. The largest absolute Gasteiger partial charge is 0.469 e. The second-order valence-electron chi connectivity index (χ2n) is 6.51. The third kappa shape index (κ3) is 12.2. The predicted octanol–water partition coefficient (Wildman–Crippen LogP) is 3.99. The van der Waals surface area contributed by atoms with Gasteiger partial charge in [-0.25, -0.2) is 0 Å². The monoisotopic (exact) mass is 328 g/mol. The molecule has 0 spiro atoms. The van der Waals surface area contributed by atoms with Crippen LogP contribution in [0.3, 0.4) is 0 Å². The number of ether oxygens (including phenoxy) is 1. The number of carbonyl (C=O) groups is 1. The molecule has 0 fully saturated rings. The molecule has 0 aromatic rings. The first-order valence-electron chi connectivity index (χ1n) is 9.05. The topological polar surface area (TPSA) is 66.8 Å². The molecule has 0 aliphatic heterocycles. The Morgan fingerprint density at radius 2 is 1.83 bits per heavy atom. The summed E-state index contributed by atoms with van der Waals surface area (Å²) in [5.74, 6) is -0.0142. The number of unbranched alkanes of at least 4 members (excludes halogenated alkanes) is 2. The SMILES string of the molecule is CCCCC/C(=C/[C@@H](C)CCC(O)CC(O)CC(=O)OC)CC. The minimum Gasteiger partial charge on any atom is -0.469 e. The molecule has 2 N–H and O–H groups in total. The number of hydrogen-bond acceptors (Lipinski definition) is 4. The van der Waals surface area contributed by atoms with Gasteiger partial charge in [0.2, 0.25) is 0 Å². The van der Waals surface area contributed by atoms with Gasteiger partial charge in [-0.05, 0) is 44.4 Å². The van der Waals surface area contributed by atoms with Gasteiger partial charge in [-0.1, -0.05) is 45.3 Å². The number of esters is 1. The van der Waals surface area contributed by atoms with Crippen LogP contribution in [-0.4, -0.2) is 35.5 Å². The second-order valence-corrected chi connectivity index (χ2v) is 6.51. The van der Waals surface area contributed by atoms with Crippen LogP contribution in [0.25, 0.3) is 0 Å². The van der Waals surface area contributed by atoms with E-state index in [0.29, 0.717) is 12.3 Å². The van der Waals surface area contributed by atoms with Gasteiger partial charge in [0.05, 0.1) is 25.7 Å². The molecule has 4 nitrogen and oxygen atoms in total. The second kappa shape index (κ2) is 13.6. The smallest absolute Gasteiger partial charge is 0.308 e. The molecule has 2 unspecified atom stereocenters. The van der Waals surface area contributed by atoms with E-state index in [-0.39, 0.29) is 12.8 Å². The van der Waals surface area contributed by atoms with Gasteiger partial charge in [-0.2, -0.15) is 0 Å². The van der Waals surface area contributed by atoms with E-state index < -0.39 is 18.2 Å². The zero-order valence-corrected chi connectivity index (χ0v) is 15.4. The van der Waals surface area contributed by atoms with Crippen molar-refractivity contribution < 1.29 is 19.7 Å². The first-order valence-corrected chi connectivity index (χ1v) is 9.05. The Morgan fingerprint density at radius 1 is 1.13 bits per heavy atom. The van der Waals surface area contributed by atoms with Crippen molar-refractivity contribution in [3.8, 4) is 0 Å². The molecule has 0 aromatic carbocycles. The van der Waals surface area contributed by atoms with Crippen LogP contribution in [-0.2, 0) is 9.53 Å². The third-order valence-corrected chi connectivity index (χ3v) is 4.21. The van der Waals surface area contributed by atoms with Crippen molar-refractivity contribution in [2.75, 3.05) is 7.11 Å². The highest BCUT2D eigenvalue weighted by Crippen LogP contribution is 2.19. The molecule has 0 saturated heterocycles. The summed E-state index contributed by atoms with van der Waals surface area (Å²) in [6.45, 7) is 6.59. The normalized spacial score (nSPS) is 16.0. The number of allylic oxidation sites excluding steroid dienone is 2. The van der Waals surface area contributed by atoms with Crippen LogP contribution < -0.4 is 0 Å². The van der Waals surface area contributed by atoms with Crippen LogP contribution in [0.1, 0.15) is 78.6 Å². The molecule has 136 valence electrons. The first-order chi connectivity index (χ1) is 10.9. The number of carbonyl (C=O) groups excluding carboxylic acids is 1. The fraction of sp³-hybridized carbons (Fsp3) is 0.842. The lowest BCUT2D eigenvalue weighted by molar-refractivity contribution is -0.143. The van der Waals surface area contributed by atoms with Crippen molar-refractivity contribution >= 4 is 5.97 Å². The fourth-order valence-corrected chi connectivity index (χ4v) is 2.71. The molecule has 0 rings (SSSR count). The average Bonchev–Trinajstić information content (AvgIpc) is 2.51. The Labute approximate surface area is 141 Å². The molecule has 23 heavy (non-hydrogen) atoms. The lowest BCUT2D eigenvalue weighted by Crippen LogP contribution is -2.21. The molecular formula is C19H36O4. The molecule has 0 aliphatic carbocycles. The van der Waals surface area contributed by atoms with E-state index in [2.05, 4.69) is 31.6 Å². The van der Waals surface area contributed by atoms with Gasteiger partial charge < -0.3 is 14.9 Å². The number of rotatable bonds is 13. The highest BCUT2D eigenvalue weighted by molar-refractivity contribution is 5.69. The van der Waals surface area contributed by atoms with Crippen LogP contribution in [0.2, 0.25) is 0 Å². The van der Waals surface area contributed by atoms with E-state index in [4.69, 9.17) is 0 Å². The molecule has 0 saturated carbocycles. The Bertz CT molecular complexity index is 338. The van der Waals surface area contributed by atoms with Crippen molar-refractivity contribution in [2.45, 2.75) is 90.8 Å². The maximum atomic E-state index is 11.1. The number of aliphatic hydroxyl groups is 2. The van der Waals surface area contributed by atoms with Crippen LogP contribution in [0.15, 0.2) is 11.6 Å². The van der Waals surface area contributed by atoms with Crippen molar-refractivity contribution in [2.24, 2.45) is 5.92 Å². The number of methoxy groups -OCH3 is 1. The summed E-state index contributed by atoms with van der Waals surface area (Å²) in [6.07, 6.45) is 8.69. The van der Waals surface area contributed by atoms with Crippen LogP contribution in [0.4, 0.5) is 0 Å². The van der Waals surface area contributed by atoms with E-state index in [0.717, 1.165) is 12.8 Å². The average molecular weight is 328 g/mol. The van der Waals surface area contributed by atoms with Crippen molar-refractivity contribution in [3.05, 3.63) is 11.6 Å². The van der Waals surface area contributed by atoms with Crippen molar-refractivity contribution in [3.63, 3.8) is 0 Å². The lowest BCUT2D eigenvalue weighted by atomic mass is 9.95. The van der Waals surface area contributed by atoms with E-state index >= 15 is 0 Å². The van der Waals surface area contributed by atoms with E-state index in [1.165, 1.54) is 38.4 Å². The fourth-order valence-electron chi connectivity index (χ4n) is 2.71. The molecule has 0 radical (unpaired) electrons. The Balaban J connectivity index is 4.09. The molecule has 0 amide bonds. The van der Waals surface area contributed by atoms with Gasteiger partial charge in [0.1, 0.15) is 0 Å². The molecule has 3 atom stereocenters. The van der Waals surface area contributed by atoms with Gasteiger partial charge in [0.25, 0.3) is 0 Å². The lowest BCUT2D eigenvalue weighted by Gasteiger charge is -2.17. The molecule has 0 aliphatic rings. The minimum atomic E-state index is -0.830. The molecule has 0 bridgehead atoms. The third-order valence-electron chi connectivity index (χ3n) is 4.21. The molecule has 0 heterocycles. The Morgan fingerprint density at radius 3 is 2.39 bits per heavy atom. The minimum absolute atomic E-state index is 0.0551. The van der Waals surface area contributed by atoms with E-state index in [9.17, 15) is 15.0 Å². The van der Waals surface area contributed by atoms with Crippen LogP contribution in [0, 0.1) is 5.92 Å². The quantitative estimate of drug-likeness (QED) is 0.305. The Kier molecular flexibility index (Phi) is 13.0. The van der Waals surface area contributed by atoms with Crippen LogP contribution >= 0.6 is 0 Å². The summed E-state index contributed by atoms with van der Waals surface area (Å²) in [7, 11) is 1.30. The standard InChI is InChI=1S/C19H36O4/c1-5-7-8-9-16(6-2)12-15(3)10-11-17(20)13-18(21)14-19(22)23-4/h12,15,17-18,20-21H,5-11,13-14H2,1-4H3/b16-12+/t15-,17?,18?/m0/s1. The number of hydrogen-bond donors (Lipinski definition) is 2. The zero-order chi connectivity index (χ0) is 17.7. The summed E-state index contributed by atoms with van der Waals surface area (Å²) in [5.41, 5.74) is 1.51. The van der Waals surface area contributed by atoms with Crippen molar-refractivity contribution in [1.29, 1.82) is 0 Å². The predicted molar refractivity (Wildman–Crippen MR) is 94.2 cm³/mol. The van der Waals surface area contributed by atoms with Crippen LogP contribution in [0.5, 0.6) is 0 Å². The number of aliphatic hydroxyl groups excluding tert-OH is 2. The summed E-state index contributed by atoms with van der Waals surface area (Å²) in [5, 5.41) is 19.7. The highest BCUT2D eigenvalue weighted by Gasteiger charge is 2.16. The van der Waals surface area contributed by atoms with Gasteiger partial charge >= 0.3 is 5.97 Å². The van der Waals surface area contributed by atoms with E-state index in [1.54, 1.807) is 0 Å². The first kappa shape index (κ1) is 22.1. The molecular weight excluding hydrogens is 292 g/mol. The summed E-state index contributed by atoms with van der Waals surface area (Å²) < 4.78 is 4.51. The maximum Gasteiger partial charge on any atom is 0.308 e. The summed E-state index contributed by atoms with van der Waals surface area (Å²) in [6, 6.07) is 0. The van der Waals surface area contributed by atoms with Gasteiger partial charge in [-0.3, -0.25) is 4.79 Å². The van der Waals surface area contributed by atoms with E-state index in [1.807, 2.05) is 0 Å². The maximum absolute atomic E-state index is 11.1. The van der Waals surface area contributed by atoms with Crippen molar-refractivity contribution in [1.82, 2.24) is 0 Å².